The Kier molecular flexibility index (Phi) is 8.34. The molecule has 0 aliphatic rings. The second-order valence-corrected chi connectivity index (χ2v) is 6.96. The first-order valence-electron chi connectivity index (χ1n) is 9.60. The molecule has 0 bridgehead atoms. The Labute approximate surface area is 176 Å². The molecule has 2 N–H and O–H groups in total. The van der Waals surface area contributed by atoms with Crippen LogP contribution in [0.2, 0.25) is 5.02 Å². The van der Waals surface area contributed by atoms with Crippen LogP contribution < -0.4 is 20.1 Å². The summed E-state index contributed by atoms with van der Waals surface area (Å²) in [7, 11) is 1.51. The largest absolute Gasteiger partial charge is 0.493 e. The summed E-state index contributed by atoms with van der Waals surface area (Å²) in [6.45, 7) is 6.18. The van der Waals surface area contributed by atoms with Gasteiger partial charge in [-0.2, -0.15) is 0 Å². The number of carbonyl (C=O) groups is 2. The van der Waals surface area contributed by atoms with Crippen LogP contribution in [0, 0.1) is 0 Å². The van der Waals surface area contributed by atoms with Crippen LogP contribution in [0.15, 0.2) is 36.4 Å². The molecule has 1 unspecified atom stereocenters. The van der Waals surface area contributed by atoms with Crippen LogP contribution in [0.1, 0.15) is 55.6 Å². The highest BCUT2D eigenvalue weighted by Crippen LogP contribution is 2.36. The number of hydrogen-bond donors (Lipinski definition) is 2. The van der Waals surface area contributed by atoms with E-state index in [0.717, 1.165) is 17.7 Å². The van der Waals surface area contributed by atoms with Gasteiger partial charge in [-0.15, -0.1) is 0 Å². The number of amides is 2. The van der Waals surface area contributed by atoms with Gasteiger partial charge in [0.05, 0.1) is 24.8 Å². The Morgan fingerprint density at radius 3 is 2.41 bits per heavy atom. The van der Waals surface area contributed by atoms with Gasteiger partial charge in [-0.05, 0) is 43.2 Å². The predicted octanol–water partition coefficient (Wildman–Crippen LogP) is 4.98. The van der Waals surface area contributed by atoms with Gasteiger partial charge in [-0.1, -0.05) is 37.6 Å². The van der Waals surface area contributed by atoms with Crippen LogP contribution in [0.25, 0.3) is 0 Å². The summed E-state index contributed by atoms with van der Waals surface area (Å²) in [5, 5.41) is 6.07. The molecule has 0 heterocycles. The highest BCUT2D eigenvalue weighted by molar-refractivity contribution is 6.32. The molecule has 2 aromatic rings. The molecule has 29 heavy (non-hydrogen) atoms. The molecule has 2 rings (SSSR count). The first kappa shape index (κ1) is 22.6. The molecule has 0 aliphatic carbocycles. The molecule has 2 amide bonds. The quantitative estimate of drug-likeness (QED) is 0.602. The van der Waals surface area contributed by atoms with E-state index in [2.05, 4.69) is 10.6 Å². The second kappa shape index (κ2) is 10.7. The number of carbonyl (C=O) groups excluding carboxylic acids is 2. The summed E-state index contributed by atoms with van der Waals surface area (Å²) in [5.74, 6) is 0.532. The molecular weight excluding hydrogens is 392 g/mol. The Morgan fingerprint density at radius 2 is 1.83 bits per heavy atom. The SMILES string of the molecule is CCCOc1c(Cl)cc(C(=O)NC(C)c2ccc(NC(=O)CC)cc2)cc1OC. The topological polar surface area (TPSA) is 76.7 Å². The summed E-state index contributed by atoms with van der Waals surface area (Å²) < 4.78 is 11.0. The fourth-order valence-corrected chi connectivity index (χ4v) is 2.93. The van der Waals surface area contributed by atoms with Crippen LogP contribution >= 0.6 is 11.6 Å². The fourth-order valence-electron chi connectivity index (χ4n) is 2.66. The number of halogens is 1. The van der Waals surface area contributed by atoms with Crippen LogP contribution in [0.3, 0.4) is 0 Å². The molecule has 156 valence electrons. The van der Waals surface area contributed by atoms with E-state index in [-0.39, 0.29) is 17.9 Å². The van der Waals surface area contributed by atoms with Gasteiger partial charge in [0.15, 0.2) is 11.5 Å². The van der Waals surface area contributed by atoms with Crippen molar-refractivity contribution in [3.8, 4) is 11.5 Å². The van der Waals surface area contributed by atoms with Crippen molar-refractivity contribution in [3.05, 3.63) is 52.5 Å². The lowest BCUT2D eigenvalue weighted by Crippen LogP contribution is -2.26. The molecule has 0 aromatic heterocycles. The normalized spacial score (nSPS) is 11.5. The molecule has 6 nitrogen and oxygen atoms in total. The van der Waals surface area contributed by atoms with E-state index in [4.69, 9.17) is 21.1 Å². The molecular formula is C22H27ClN2O4. The van der Waals surface area contributed by atoms with Gasteiger partial charge in [0.2, 0.25) is 5.91 Å². The third kappa shape index (κ3) is 6.12. The van der Waals surface area contributed by atoms with Gasteiger partial charge in [0.1, 0.15) is 0 Å². The average Bonchev–Trinajstić information content (AvgIpc) is 2.72. The first-order chi connectivity index (χ1) is 13.9. The van der Waals surface area contributed by atoms with Gasteiger partial charge < -0.3 is 20.1 Å². The van der Waals surface area contributed by atoms with E-state index < -0.39 is 0 Å². The third-order valence-corrected chi connectivity index (χ3v) is 4.59. The minimum absolute atomic E-state index is 0.0451. The van der Waals surface area contributed by atoms with Crippen LogP contribution in [0.4, 0.5) is 5.69 Å². The molecule has 2 aromatic carbocycles. The van der Waals surface area contributed by atoms with Gasteiger partial charge in [0, 0.05) is 17.7 Å². The smallest absolute Gasteiger partial charge is 0.251 e. The lowest BCUT2D eigenvalue weighted by Gasteiger charge is -2.17. The minimum atomic E-state index is -0.275. The third-order valence-electron chi connectivity index (χ3n) is 4.31. The van der Waals surface area contributed by atoms with Crippen LogP contribution in [-0.2, 0) is 4.79 Å². The zero-order chi connectivity index (χ0) is 21.4. The predicted molar refractivity (Wildman–Crippen MR) is 115 cm³/mol. The van der Waals surface area contributed by atoms with Gasteiger partial charge in [-0.25, -0.2) is 0 Å². The Balaban J connectivity index is 2.10. The van der Waals surface area contributed by atoms with Crippen molar-refractivity contribution in [1.29, 1.82) is 0 Å². The van der Waals surface area contributed by atoms with Crippen molar-refractivity contribution in [2.75, 3.05) is 19.0 Å². The molecule has 0 aliphatic heterocycles. The van der Waals surface area contributed by atoms with Gasteiger partial charge in [0.25, 0.3) is 5.91 Å². The standard InChI is InChI=1S/C22H27ClN2O4/c1-5-11-29-21-18(23)12-16(13-19(21)28-4)22(27)24-14(3)15-7-9-17(10-8-15)25-20(26)6-2/h7-10,12-14H,5-6,11H2,1-4H3,(H,24,27)(H,25,26). The fraction of sp³-hybridized carbons (Fsp3) is 0.364. The number of rotatable bonds is 9. The molecule has 0 saturated heterocycles. The lowest BCUT2D eigenvalue weighted by atomic mass is 10.1. The Bertz CT molecular complexity index is 853. The summed E-state index contributed by atoms with van der Waals surface area (Å²) in [5.41, 5.74) is 2.02. The van der Waals surface area contributed by atoms with Gasteiger partial charge in [-0.3, -0.25) is 9.59 Å². The molecule has 0 saturated carbocycles. The Hall–Kier alpha value is -2.73. The van der Waals surface area contributed by atoms with E-state index in [1.54, 1.807) is 19.1 Å². The number of methoxy groups -OCH3 is 1. The van der Waals surface area contributed by atoms with Crippen molar-refractivity contribution in [2.24, 2.45) is 0 Å². The van der Waals surface area contributed by atoms with Crippen molar-refractivity contribution in [2.45, 2.75) is 39.7 Å². The number of anilines is 1. The van der Waals surface area contributed by atoms with E-state index in [1.807, 2.05) is 38.1 Å². The maximum atomic E-state index is 12.7. The molecule has 0 fully saturated rings. The van der Waals surface area contributed by atoms with Crippen molar-refractivity contribution >= 4 is 29.1 Å². The van der Waals surface area contributed by atoms with Crippen LogP contribution in [-0.4, -0.2) is 25.5 Å². The van der Waals surface area contributed by atoms with E-state index in [0.29, 0.717) is 35.1 Å². The highest BCUT2D eigenvalue weighted by Gasteiger charge is 2.18. The number of nitrogens with one attached hydrogen (secondary N) is 2. The van der Waals surface area contributed by atoms with E-state index >= 15 is 0 Å². The number of benzene rings is 2. The number of hydrogen-bond acceptors (Lipinski definition) is 4. The van der Waals surface area contributed by atoms with Crippen molar-refractivity contribution in [1.82, 2.24) is 5.32 Å². The highest BCUT2D eigenvalue weighted by atomic mass is 35.5. The number of ether oxygens (including phenoxy) is 2. The minimum Gasteiger partial charge on any atom is -0.493 e. The summed E-state index contributed by atoms with van der Waals surface area (Å²) in [4.78, 5) is 24.2. The summed E-state index contributed by atoms with van der Waals surface area (Å²) >= 11 is 6.30. The monoisotopic (exact) mass is 418 g/mol. The van der Waals surface area contributed by atoms with E-state index in [1.165, 1.54) is 7.11 Å². The zero-order valence-electron chi connectivity index (χ0n) is 17.2. The molecule has 0 radical (unpaired) electrons. The van der Waals surface area contributed by atoms with E-state index in [9.17, 15) is 9.59 Å². The maximum Gasteiger partial charge on any atom is 0.251 e. The van der Waals surface area contributed by atoms with Crippen LogP contribution in [0.5, 0.6) is 11.5 Å². The maximum absolute atomic E-state index is 12.7. The summed E-state index contributed by atoms with van der Waals surface area (Å²) in [6, 6.07) is 10.3. The first-order valence-corrected chi connectivity index (χ1v) is 9.98. The Morgan fingerprint density at radius 1 is 1.14 bits per heavy atom. The average molecular weight is 419 g/mol. The lowest BCUT2D eigenvalue weighted by molar-refractivity contribution is -0.115. The zero-order valence-corrected chi connectivity index (χ0v) is 17.9. The van der Waals surface area contributed by atoms with Crippen molar-refractivity contribution < 1.29 is 19.1 Å². The van der Waals surface area contributed by atoms with Gasteiger partial charge >= 0.3 is 0 Å². The molecule has 1 atom stereocenters. The summed E-state index contributed by atoms with van der Waals surface area (Å²) in [6.07, 6.45) is 1.25. The van der Waals surface area contributed by atoms with Crippen molar-refractivity contribution in [3.63, 3.8) is 0 Å². The molecule has 0 spiro atoms. The molecule has 7 heteroatoms. The second-order valence-electron chi connectivity index (χ2n) is 6.56.